The van der Waals surface area contributed by atoms with Gasteiger partial charge in [0.1, 0.15) is 5.82 Å². The molecule has 20 heavy (non-hydrogen) atoms. The lowest BCUT2D eigenvalue weighted by Crippen LogP contribution is -2.04. The summed E-state index contributed by atoms with van der Waals surface area (Å²) < 4.78 is 1.89. The molecule has 2 N–H and O–H groups in total. The molecule has 4 rings (SSSR count). The third-order valence-electron chi connectivity index (χ3n) is 3.98. The van der Waals surface area contributed by atoms with Gasteiger partial charge in [-0.3, -0.25) is 0 Å². The summed E-state index contributed by atoms with van der Waals surface area (Å²) in [7, 11) is 0. The second kappa shape index (κ2) is 3.97. The molecule has 3 nitrogen and oxygen atoms in total. The van der Waals surface area contributed by atoms with Gasteiger partial charge in [0.15, 0.2) is 0 Å². The molecule has 4 aromatic rings. The zero-order valence-electron chi connectivity index (χ0n) is 11.3. The van der Waals surface area contributed by atoms with Crippen LogP contribution in [-0.2, 0) is 6.42 Å². The van der Waals surface area contributed by atoms with E-state index in [1.165, 1.54) is 16.3 Å². The Hall–Kier alpha value is -2.55. The molecule has 0 atom stereocenters. The first-order chi connectivity index (χ1) is 9.81. The lowest BCUT2D eigenvalue weighted by atomic mass is 10.0. The van der Waals surface area contributed by atoms with Crippen LogP contribution in [0.5, 0.6) is 0 Å². The fourth-order valence-electron chi connectivity index (χ4n) is 3.06. The van der Waals surface area contributed by atoms with Gasteiger partial charge in [-0.1, -0.05) is 49.4 Å². The van der Waals surface area contributed by atoms with Gasteiger partial charge in [-0.05, 0) is 17.9 Å². The summed E-state index contributed by atoms with van der Waals surface area (Å²) in [6, 6.07) is 16.6. The Bertz CT molecular complexity index is 951. The summed E-state index contributed by atoms with van der Waals surface area (Å²) in [5, 5.41) is 8.26. The Balaban J connectivity index is 2.39. The Kier molecular flexibility index (Phi) is 2.24. The molecule has 0 unspecified atom stereocenters. The number of nitrogen functional groups attached to an aromatic ring is 1. The van der Waals surface area contributed by atoms with E-state index in [1.807, 2.05) is 22.7 Å². The lowest BCUT2D eigenvalue weighted by Gasteiger charge is -2.11. The minimum atomic E-state index is 0.748. The highest BCUT2D eigenvalue weighted by Gasteiger charge is 2.14. The molecule has 2 heterocycles. The predicted octanol–water partition coefficient (Wildman–Crippen LogP) is 3.79. The van der Waals surface area contributed by atoms with E-state index in [0.29, 0.717) is 0 Å². The van der Waals surface area contributed by atoms with E-state index in [2.05, 4.69) is 42.4 Å². The summed E-state index contributed by atoms with van der Waals surface area (Å²) in [4.78, 5) is 0. The second-order valence-electron chi connectivity index (χ2n) is 5.04. The summed E-state index contributed by atoms with van der Waals surface area (Å²) in [5.41, 5.74) is 9.61. The number of benzene rings is 2. The third kappa shape index (κ3) is 1.32. The van der Waals surface area contributed by atoms with Crippen LogP contribution in [0.25, 0.3) is 27.2 Å². The van der Waals surface area contributed by atoms with Crippen molar-refractivity contribution in [2.75, 3.05) is 5.73 Å². The van der Waals surface area contributed by atoms with Crippen molar-refractivity contribution < 1.29 is 0 Å². The third-order valence-corrected chi connectivity index (χ3v) is 3.98. The maximum atomic E-state index is 6.36. The number of nitrogens with zero attached hydrogens (tertiary/aromatic N) is 2. The Morgan fingerprint density at radius 1 is 0.950 bits per heavy atom. The maximum absolute atomic E-state index is 6.36. The normalized spacial score (nSPS) is 11.7. The van der Waals surface area contributed by atoms with Crippen molar-refractivity contribution in [2.45, 2.75) is 13.3 Å². The first-order valence-corrected chi connectivity index (χ1v) is 6.87. The summed E-state index contributed by atoms with van der Waals surface area (Å²) in [6.07, 6.45) is 0.901. The van der Waals surface area contributed by atoms with Crippen LogP contribution < -0.4 is 5.73 Å². The standard InChI is InChI=1S/C17H15N3/c1-2-11-12-7-3-4-8-13(12)16-14-9-5-6-10-15(14)19-20(16)17(11)18/h3-10H,2,18H2,1H3. The average Bonchev–Trinajstić information content (AvgIpc) is 2.88. The van der Waals surface area contributed by atoms with Crippen molar-refractivity contribution in [1.29, 1.82) is 0 Å². The molecule has 2 aromatic heterocycles. The molecule has 0 saturated heterocycles. The van der Waals surface area contributed by atoms with Gasteiger partial charge in [0, 0.05) is 16.3 Å². The number of rotatable bonds is 1. The number of hydrogen-bond donors (Lipinski definition) is 1. The van der Waals surface area contributed by atoms with Crippen LogP contribution in [0.1, 0.15) is 12.5 Å². The van der Waals surface area contributed by atoms with Gasteiger partial charge in [0.25, 0.3) is 0 Å². The van der Waals surface area contributed by atoms with Crippen LogP contribution in [0.15, 0.2) is 48.5 Å². The van der Waals surface area contributed by atoms with Crippen LogP contribution in [0.2, 0.25) is 0 Å². The monoisotopic (exact) mass is 261 g/mol. The van der Waals surface area contributed by atoms with E-state index in [4.69, 9.17) is 5.73 Å². The lowest BCUT2D eigenvalue weighted by molar-refractivity contribution is 0.977. The Morgan fingerprint density at radius 3 is 2.35 bits per heavy atom. The van der Waals surface area contributed by atoms with Crippen molar-refractivity contribution in [2.24, 2.45) is 0 Å². The number of pyridine rings is 1. The first-order valence-electron chi connectivity index (χ1n) is 6.87. The minimum absolute atomic E-state index is 0.748. The van der Waals surface area contributed by atoms with Gasteiger partial charge in [-0.25, -0.2) is 4.52 Å². The highest BCUT2D eigenvalue weighted by Crippen LogP contribution is 2.33. The number of anilines is 1. The van der Waals surface area contributed by atoms with Gasteiger partial charge in [0.05, 0.1) is 11.0 Å². The summed E-state index contributed by atoms with van der Waals surface area (Å²) in [5.74, 6) is 0.748. The summed E-state index contributed by atoms with van der Waals surface area (Å²) >= 11 is 0. The molecule has 0 fully saturated rings. The number of aryl methyl sites for hydroxylation is 1. The second-order valence-corrected chi connectivity index (χ2v) is 5.04. The molecule has 3 heteroatoms. The van der Waals surface area contributed by atoms with Gasteiger partial charge in [-0.15, -0.1) is 0 Å². The van der Waals surface area contributed by atoms with Gasteiger partial charge >= 0.3 is 0 Å². The molecule has 0 spiro atoms. The molecule has 2 aromatic carbocycles. The Labute approximate surface area is 116 Å². The van der Waals surface area contributed by atoms with Crippen LogP contribution in [0.4, 0.5) is 5.82 Å². The fourth-order valence-corrected chi connectivity index (χ4v) is 3.06. The van der Waals surface area contributed by atoms with Crippen LogP contribution in [0.3, 0.4) is 0 Å². The number of hydrogen-bond acceptors (Lipinski definition) is 2. The first kappa shape index (κ1) is 11.3. The minimum Gasteiger partial charge on any atom is -0.383 e. The van der Waals surface area contributed by atoms with E-state index in [0.717, 1.165) is 28.7 Å². The topological polar surface area (TPSA) is 43.3 Å². The predicted molar refractivity (Wildman–Crippen MR) is 84.0 cm³/mol. The number of fused-ring (bicyclic) bond motifs is 5. The molecule has 0 radical (unpaired) electrons. The highest BCUT2D eigenvalue weighted by atomic mass is 15.3. The molecule has 0 bridgehead atoms. The molecular weight excluding hydrogens is 246 g/mol. The molecule has 0 saturated carbocycles. The molecule has 0 aliphatic heterocycles. The quantitative estimate of drug-likeness (QED) is 0.566. The van der Waals surface area contributed by atoms with E-state index in [-0.39, 0.29) is 0 Å². The van der Waals surface area contributed by atoms with E-state index >= 15 is 0 Å². The highest BCUT2D eigenvalue weighted by molar-refractivity contribution is 6.11. The van der Waals surface area contributed by atoms with Gasteiger partial charge in [-0.2, -0.15) is 5.10 Å². The zero-order valence-corrected chi connectivity index (χ0v) is 11.3. The average molecular weight is 261 g/mol. The van der Waals surface area contributed by atoms with Crippen molar-refractivity contribution in [3.63, 3.8) is 0 Å². The van der Waals surface area contributed by atoms with Crippen molar-refractivity contribution in [3.8, 4) is 0 Å². The molecule has 0 aliphatic carbocycles. The van der Waals surface area contributed by atoms with E-state index < -0.39 is 0 Å². The summed E-state index contributed by atoms with van der Waals surface area (Å²) in [6.45, 7) is 2.13. The molecule has 98 valence electrons. The van der Waals surface area contributed by atoms with E-state index in [9.17, 15) is 0 Å². The largest absolute Gasteiger partial charge is 0.383 e. The SMILES string of the molecule is CCc1c(N)n2nc3ccccc3c2c2ccccc12. The smallest absolute Gasteiger partial charge is 0.129 e. The Morgan fingerprint density at radius 2 is 1.60 bits per heavy atom. The van der Waals surface area contributed by atoms with E-state index in [1.54, 1.807) is 0 Å². The maximum Gasteiger partial charge on any atom is 0.129 e. The fraction of sp³-hybridized carbons (Fsp3) is 0.118. The molecule has 0 amide bonds. The zero-order chi connectivity index (χ0) is 13.7. The van der Waals surface area contributed by atoms with Crippen molar-refractivity contribution >= 4 is 33.0 Å². The van der Waals surface area contributed by atoms with Crippen LogP contribution >= 0.6 is 0 Å². The molecular formula is C17H15N3. The van der Waals surface area contributed by atoms with Crippen LogP contribution in [-0.4, -0.2) is 9.61 Å². The molecule has 0 aliphatic rings. The number of nitrogens with two attached hydrogens (primary N) is 1. The van der Waals surface area contributed by atoms with Crippen molar-refractivity contribution in [3.05, 3.63) is 54.1 Å². The van der Waals surface area contributed by atoms with Crippen molar-refractivity contribution in [1.82, 2.24) is 9.61 Å². The van der Waals surface area contributed by atoms with Gasteiger partial charge in [0.2, 0.25) is 0 Å². The van der Waals surface area contributed by atoms with Gasteiger partial charge < -0.3 is 5.73 Å². The number of aromatic nitrogens is 2. The van der Waals surface area contributed by atoms with Crippen LogP contribution in [0, 0.1) is 0 Å².